The molecule has 1 fully saturated rings. The Morgan fingerprint density at radius 1 is 1.36 bits per heavy atom. The molecule has 0 unspecified atom stereocenters. The fraction of sp³-hybridized carbons (Fsp3) is 0.750. The number of carbonyl (C=O) groups excluding carboxylic acids is 2. The van der Waals surface area contributed by atoms with Gasteiger partial charge in [0.2, 0.25) is 10.7 Å². The molecule has 1 aliphatic heterocycles. The molecule has 0 atom stereocenters. The number of aryl methyl sites for hydroxylation is 1. The molecule has 0 radical (unpaired) electrons. The van der Waals surface area contributed by atoms with Crippen LogP contribution in [-0.2, 0) is 34.0 Å². The molecule has 0 aromatic carbocycles. The van der Waals surface area contributed by atoms with E-state index in [0.29, 0.717) is 31.0 Å². The van der Waals surface area contributed by atoms with Gasteiger partial charge in [0.15, 0.2) is 6.67 Å². The average molecular weight is 370 g/mol. The maximum atomic E-state index is 11.8. The number of esters is 1. The van der Waals surface area contributed by atoms with Crippen LogP contribution in [0.3, 0.4) is 0 Å². The summed E-state index contributed by atoms with van der Waals surface area (Å²) in [4.78, 5) is 24.2. The maximum Gasteiger partial charge on any atom is 0.309 e. The van der Waals surface area contributed by atoms with Crippen LogP contribution in [0.1, 0.15) is 38.9 Å². The van der Waals surface area contributed by atoms with Crippen molar-refractivity contribution < 1.29 is 19.2 Å². The van der Waals surface area contributed by atoms with Gasteiger partial charge in [-0.25, -0.2) is 0 Å². The molecule has 2 rings (SSSR count). The number of nitrogens with zero attached hydrogens (tertiary/aromatic N) is 3. The lowest BCUT2D eigenvalue weighted by atomic mass is 9.97. The van der Waals surface area contributed by atoms with E-state index >= 15 is 0 Å². The molecule has 3 N–H and O–H groups in total. The Morgan fingerprint density at radius 3 is 2.60 bits per heavy atom. The van der Waals surface area contributed by atoms with Crippen molar-refractivity contribution in [2.75, 3.05) is 19.7 Å². The summed E-state index contributed by atoms with van der Waals surface area (Å²) in [5.41, 5.74) is 5.23. The first-order chi connectivity index (χ1) is 12.0. The van der Waals surface area contributed by atoms with Crippen molar-refractivity contribution in [2.24, 2.45) is 11.7 Å². The molecule has 25 heavy (non-hydrogen) atoms. The minimum absolute atomic E-state index is 0.0102. The molecule has 1 amide bonds. The minimum Gasteiger partial charge on any atom is -0.466 e. The zero-order valence-corrected chi connectivity index (χ0v) is 15.8. The smallest absolute Gasteiger partial charge is 0.309 e. The topological polar surface area (TPSA) is 96.6 Å². The third-order valence-electron chi connectivity index (χ3n) is 4.60. The van der Waals surface area contributed by atoms with Crippen molar-refractivity contribution >= 4 is 24.1 Å². The van der Waals surface area contributed by atoms with Crippen LogP contribution in [0.15, 0.2) is 0 Å². The quantitative estimate of drug-likeness (QED) is 0.482. The van der Waals surface area contributed by atoms with Gasteiger partial charge < -0.3 is 19.9 Å². The Labute approximate surface area is 152 Å². The van der Waals surface area contributed by atoms with E-state index in [-0.39, 0.29) is 24.2 Å². The summed E-state index contributed by atoms with van der Waals surface area (Å²) < 4.78 is 9.55. The summed E-state index contributed by atoms with van der Waals surface area (Å²) in [6.07, 6.45) is 2.42. The zero-order chi connectivity index (χ0) is 18.4. The number of primary amides is 1. The fourth-order valence-electron chi connectivity index (χ4n) is 3.22. The van der Waals surface area contributed by atoms with E-state index in [2.05, 4.69) is 5.10 Å². The summed E-state index contributed by atoms with van der Waals surface area (Å²) in [5.74, 6) is 0.389. The van der Waals surface area contributed by atoms with E-state index in [0.717, 1.165) is 31.8 Å². The van der Waals surface area contributed by atoms with Crippen LogP contribution in [0.5, 0.6) is 0 Å². The Balaban J connectivity index is 1.98. The first-order valence-corrected chi connectivity index (χ1v) is 9.32. The highest BCUT2D eigenvalue weighted by Gasteiger charge is 2.29. The molecular weight excluding hydrogens is 342 g/mol. The number of nitrogens with one attached hydrogen (secondary N) is 1. The van der Waals surface area contributed by atoms with Crippen LogP contribution in [0.4, 0.5) is 0 Å². The van der Waals surface area contributed by atoms with Gasteiger partial charge in [-0.1, -0.05) is 0 Å². The molecule has 1 aromatic heterocycles. The van der Waals surface area contributed by atoms with Gasteiger partial charge in [-0.05, 0) is 26.1 Å². The Hall–Kier alpha value is -1.74. The second kappa shape index (κ2) is 9.10. The van der Waals surface area contributed by atoms with E-state index < -0.39 is 0 Å². The third-order valence-corrected chi connectivity index (χ3v) is 5.03. The predicted octanol–water partition coefficient (Wildman–Crippen LogP) is -0.333. The third kappa shape index (κ3) is 5.12. The van der Waals surface area contributed by atoms with Crippen molar-refractivity contribution in [1.82, 2.24) is 14.3 Å². The van der Waals surface area contributed by atoms with Crippen LogP contribution in [0.2, 0.25) is 0 Å². The number of nitrogens with two attached hydrogens (primary N) is 1. The first kappa shape index (κ1) is 19.6. The molecule has 1 aromatic rings. The number of rotatable bonds is 8. The van der Waals surface area contributed by atoms with Gasteiger partial charge in [-0.3, -0.25) is 9.59 Å². The molecule has 9 heteroatoms. The predicted molar refractivity (Wildman–Crippen MR) is 94.3 cm³/mol. The molecule has 1 aliphatic rings. The normalized spacial score (nSPS) is 20.4. The van der Waals surface area contributed by atoms with Crippen LogP contribution in [0, 0.1) is 10.7 Å². The Morgan fingerprint density at radius 2 is 2.04 bits per heavy atom. The number of likely N-dealkylation sites (tertiary alicyclic amines) is 1. The summed E-state index contributed by atoms with van der Waals surface area (Å²) in [6, 6.07) is 0. The van der Waals surface area contributed by atoms with Crippen molar-refractivity contribution in [2.45, 2.75) is 52.7 Å². The van der Waals surface area contributed by atoms with Gasteiger partial charge >= 0.3 is 5.97 Å². The van der Waals surface area contributed by atoms with Crippen LogP contribution in [0.25, 0.3) is 0 Å². The Bertz CT molecular complexity index is 661. The maximum absolute atomic E-state index is 11.8. The largest absolute Gasteiger partial charge is 0.466 e. The number of ether oxygens (including phenoxy) is 1. The second-order valence-corrected chi connectivity index (χ2v) is 6.71. The average Bonchev–Trinajstić information content (AvgIpc) is 2.89. The standard InChI is InChI=1S/C16H27N5O3S/c1-3-20-14(6-5-13(17)22)18-21(16(20)25)11-19-9-7-12(8-10-19)15(23)24-4-2/h12H,3-11H2,1-2H3,(H2,17,22)/p+1. The molecule has 1 saturated heterocycles. The summed E-state index contributed by atoms with van der Waals surface area (Å²) in [7, 11) is 0. The second-order valence-electron chi connectivity index (χ2n) is 6.34. The van der Waals surface area contributed by atoms with E-state index in [4.69, 9.17) is 22.7 Å². The number of hydrogen-bond donors (Lipinski definition) is 2. The number of aromatic nitrogens is 3. The molecular formula is C16H28N5O3S+. The van der Waals surface area contributed by atoms with Crippen LogP contribution >= 0.6 is 12.2 Å². The summed E-state index contributed by atoms with van der Waals surface area (Å²) in [6.45, 7) is 7.44. The van der Waals surface area contributed by atoms with E-state index in [1.807, 2.05) is 23.1 Å². The number of amides is 1. The number of piperidine rings is 1. The number of carbonyl (C=O) groups is 2. The van der Waals surface area contributed by atoms with Gasteiger partial charge in [-0.15, -0.1) is 0 Å². The monoisotopic (exact) mass is 370 g/mol. The molecule has 8 nitrogen and oxygen atoms in total. The molecule has 2 heterocycles. The highest BCUT2D eigenvalue weighted by molar-refractivity contribution is 7.71. The van der Waals surface area contributed by atoms with E-state index in [9.17, 15) is 9.59 Å². The number of hydrogen-bond acceptors (Lipinski definition) is 5. The SMILES string of the molecule is CCOC(=O)C1CC[NH+](Cn2nc(CCC(N)=O)n(CC)c2=S)CC1. The van der Waals surface area contributed by atoms with E-state index in [1.165, 1.54) is 4.90 Å². The van der Waals surface area contributed by atoms with Gasteiger partial charge in [-0.2, -0.15) is 9.78 Å². The van der Waals surface area contributed by atoms with Crippen LogP contribution in [-0.4, -0.2) is 45.9 Å². The van der Waals surface area contributed by atoms with Crippen molar-refractivity contribution in [3.8, 4) is 0 Å². The molecule has 0 spiro atoms. The van der Waals surface area contributed by atoms with E-state index in [1.54, 1.807) is 0 Å². The Kier molecular flexibility index (Phi) is 7.12. The van der Waals surface area contributed by atoms with Gasteiger partial charge in [0.25, 0.3) is 0 Å². The fourth-order valence-corrected chi connectivity index (χ4v) is 3.56. The lowest BCUT2D eigenvalue weighted by Crippen LogP contribution is -3.12. The summed E-state index contributed by atoms with van der Waals surface area (Å²) in [5, 5.41) is 4.59. The molecule has 140 valence electrons. The van der Waals surface area contributed by atoms with Crippen LogP contribution < -0.4 is 10.6 Å². The molecule has 0 bridgehead atoms. The lowest BCUT2D eigenvalue weighted by Gasteiger charge is -2.27. The van der Waals surface area contributed by atoms with Crippen molar-refractivity contribution in [3.63, 3.8) is 0 Å². The molecule has 0 aliphatic carbocycles. The van der Waals surface area contributed by atoms with Gasteiger partial charge in [0.05, 0.1) is 25.6 Å². The summed E-state index contributed by atoms with van der Waals surface area (Å²) >= 11 is 5.52. The molecule has 0 saturated carbocycles. The van der Waals surface area contributed by atoms with Gasteiger partial charge in [0, 0.05) is 32.2 Å². The highest BCUT2D eigenvalue weighted by atomic mass is 32.1. The van der Waals surface area contributed by atoms with Gasteiger partial charge in [0.1, 0.15) is 5.82 Å². The lowest BCUT2D eigenvalue weighted by molar-refractivity contribution is -0.929. The minimum atomic E-state index is -0.338. The van der Waals surface area contributed by atoms with Crippen molar-refractivity contribution in [3.05, 3.63) is 10.6 Å². The first-order valence-electron chi connectivity index (χ1n) is 8.91. The van der Waals surface area contributed by atoms with Crippen molar-refractivity contribution in [1.29, 1.82) is 0 Å². The highest BCUT2D eigenvalue weighted by Crippen LogP contribution is 2.12. The zero-order valence-electron chi connectivity index (χ0n) is 15.0. The number of quaternary nitrogens is 1.